The Labute approximate surface area is 91.7 Å². The van der Waals surface area contributed by atoms with Gasteiger partial charge in [0.1, 0.15) is 5.75 Å². The van der Waals surface area contributed by atoms with Gasteiger partial charge in [0.2, 0.25) is 5.91 Å². The van der Waals surface area contributed by atoms with Gasteiger partial charge in [-0.1, -0.05) is 5.92 Å². The number of hydrogen-bond donors (Lipinski definition) is 3. The summed E-state index contributed by atoms with van der Waals surface area (Å²) in [6.45, 7) is 0. The van der Waals surface area contributed by atoms with E-state index in [2.05, 4.69) is 11.2 Å². The standard InChI is InChI=1S/C11H9NO4/c1-2-3-10(14)12-8-5-4-7(11(15)16)6-9(8)13/h1,4-6,13H,3H2,(H,12,14)(H,15,16). The third-order valence-corrected chi connectivity index (χ3v) is 1.78. The number of phenols is 1. The van der Waals surface area contributed by atoms with Crippen LogP contribution >= 0.6 is 0 Å². The molecule has 0 unspecified atom stereocenters. The van der Waals surface area contributed by atoms with Crippen LogP contribution in [0.3, 0.4) is 0 Å². The van der Waals surface area contributed by atoms with Gasteiger partial charge < -0.3 is 15.5 Å². The van der Waals surface area contributed by atoms with Crippen molar-refractivity contribution in [2.45, 2.75) is 6.42 Å². The fourth-order valence-corrected chi connectivity index (χ4v) is 1.06. The smallest absolute Gasteiger partial charge is 0.335 e. The Morgan fingerprint density at radius 2 is 2.12 bits per heavy atom. The van der Waals surface area contributed by atoms with Gasteiger partial charge in [-0.2, -0.15) is 0 Å². The summed E-state index contributed by atoms with van der Waals surface area (Å²) < 4.78 is 0. The number of benzene rings is 1. The average molecular weight is 219 g/mol. The second kappa shape index (κ2) is 4.84. The number of hydrogen-bond acceptors (Lipinski definition) is 3. The van der Waals surface area contributed by atoms with Crippen molar-refractivity contribution in [1.29, 1.82) is 0 Å². The van der Waals surface area contributed by atoms with Crippen LogP contribution in [-0.4, -0.2) is 22.1 Å². The molecule has 0 saturated carbocycles. The van der Waals surface area contributed by atoms with Crippen molar-refractivity contribution in [2.24, 2.45) is 0 Å². The summed E-state index contributed by atoms with van der Waals surface area (Å²) in [5.41, 5.74) is 0.0673. The van der Waals surface area contributed by atoms with Gasteiger partial charge in [0.15, 0.2) is 0 Å². The second-order valence-corrected chi connectivity index (χ2v) is 2.97. The quantitative estimate of drug-likeness (QED) is 0.524. The lowest BCUT2D eigenvalue weighted by Gasteiger charge is -2.06. The highest BCUT2D eigenvalue weighted by Gasteiger charge is 2.09. The maximum Gasteiger partial charge on any atom is 0.335 e. The number of nitrogens with one attached hydrogen (secondary N) is 1. The predicted molar refractivity (Wildman–Crippen MR) is 57.1 cm³/mol. The Balaban J connectivity index is 2.88. The molecule has 0 bridgehead atoms. The molecule has 82 valence electrons. The van der Waals surface area contributed by atoms with Crippen molar-refractivity contribution >= 4 is 17.6 Å². The second-order valence-electron chi connectivity index (χ2n) is 2.97. The number of phenolic OH excluding ortho intramolecular Hbond substituents is 1. The summed E-state index contributed by atoms with van der Waals surface area (Å²) >= 11 is 0. The highest BCUT2D eigenvalue weighted by molar-refractivity contribution is 5.95. The molecule has 0 radical (unpaired) electrons. The van der Waals surface area contributed by atoms with E-state index in [4.69, 9.17) is 11.5 Å². The van der Waals surface area contributed by atoms with Gasteiger partial charge >= 0.3 is 5.97 Å². The molecule has 1 rings (SSSR count). The number of anilines is 1. The van der Waals surface area contributed by atoms with Crippen LogP contribution in [0.25, 0.3) is 0 Å². The van der Waals surface area contributed by atoms with Crippen LogP contribution in [-0.2, 0) is 4.79 Å². The molecule has 3 N–H and O–H groups in total. The highest BCUT2D eigenvalue weighted by atomic mass is 16.4. The Morgan fingerprint density at radius 1 is 1.44 bits per heavy atom. The third-order valence-electron chi connectivity index (χ3n) is 1.78. The number of carboxylic acids is 1. The van der Waals surface area contributed by atoms with E-state index in [1.54, 1.807) is 0 Å². The fourth-order valence-electron chi connectivity index (χ4n) is 1.06. The molecule has 0 saturated heterocycles. The number of rotatable bonds is 3. The van der Waals surface area contributed by atoms with Crippen LogP contribution in [0, 0.1) is 12.3 Å². The van der Waals surface area contributed by atoms with Gasteiger partial charge in [0.05, 0.1) is 17.7 Å². The molecule has 1 aromatic rings. The largest absolute Gasteiger partial charge is 0.506 e. The summed E-state index contributed by atoms with van der Waals surface area (Å²) in [4.78, 5) is 21.7. The summed E-state index contributed by atoms with van der Waals surface area (Å²) in [5.74, 6) is 0.235. The zero-order valence-corrected chi connectivity index (χ0v) is 8.23. The first-order chi connectivity index (χ1) is 7.54. The summed E-state index contributed by atoms with van der Waals surface area (Å²) in [7, 11) is 0. The molecule has 5 nitrogen and oxygen atoms in total. The van der Waals surface area contributed by atoms with E-state index in [0.29, 0.717) is 0 Å². The number of carboxylic acid groups (broad SMARTS) is 1. The first kappa shape index (κ1) is 11.6. The lowest BCUT2D eigenvalue weighted by molar-refractivity contribution is -0.115. The molecule has 0 aliphatic heterocycles. The van der Waals surface area contributed by atoms with Crippen LogP contribution in [0.15, 0.2) is 18.2 Å². The fraction of sp³-hybridized carbons (Fsp3) is 0.0909. The number of carbonyl (C=O) groups excluding carboxylic acids is 1. The zero-order chi connectivity index (χ0) is 12.1. The molecule has 1 aromatic carbocycles. The first-order valence-electron chi connectivity index (χ1n) is 4.34. The minimum absolute atomic E-state index is 0.0625. The van der Waals surface area contributed by atoms with E-state index < -0.39 is 11.9 Å². The molecule has 0 aromatic heterocycles. The summed E-state index contributed by atoms with van der Waals surface area (Å²) in [6.07, 6.45) is 4.82. The van der Waals surface area contributed by atoms with Crippen LogP contribution in [0.1, 0.15) is 16.8 Å². The van der Waals surface area contributed by atoms with E-state index in [1.807, 2.05) is 0 Å². The average Bonchev–Trinajstić information content (AvgIpc) is 2.21. The van der Waals surface area contributed by atoms with Crippen LogP contribution in [0.4, 0.5) is 5.69 Å². The van der Waals surface area contributed by atoms with Crippen LogP contribution < -0.4 is 5.32 Å². The maximum atomic E-state index is 11.1. The van der Waals surface area contributed by atoms with E-state index in [9.17, 15) is 14.7 Å². The Hall–Kier alpha value is -2.48. The Morgan fingerprint density at radius 3 is 2.62 bits per heavy atom. The van der Waals surface area contributed by atoms with E-state index in [1.165, 1.54) is 12.1 Å². The van der Waals surface area contributed by atoms with Crippen LogP contribution in [0.2, 0.25) is 0 Å². The van der Waals surface area contributed by atoms with Gasteiger partial charge in [0.25, 0.3) is 0 Å². The van der Waals surface area contributed by atoms with Crippen molar-refractivity contribution in [1.82, 2.24) is 0 Å². The molecule has 1 amide bonds. The molecular formula is C11H9NO4. The molecule has 0 fully saturated rings. The molecule has 16 heavy (non-hydrogen) atoms. The number of aromatic hydroxyl groups is 1. The number of amides is 1. The van der Waals surface area contributed by atoms with Crippen LogP contribution in [0.5, 0.6) is 5.75 Å². The molecule has 0 heterocycles. The summed E-state index contributed by atoms with van der Waals surface area (Å²) in [5, 5.41) is 20.4. The molecule has 0 aliphatic carbocycles. The predicted octanol–water partition coefficient (Wildman–Crippen LogP) is 1.05. The number of aromatic carboxylic acids is 1. The van der Waals surface area contributed by atoms with Gasteiger partial charge in [-0.15, -0.1) is 6.42 Å². The molecule has 5 heteroatoms. The maximum absolute atomic E-state index is 11.1. The minimum atomic E-state index is -1.16. The molecule has 0 aliphatic rings. The highest BCUT2D eigenvalue weighted by Crippen LogP contribution is 2.24. The molecular weight excluding hydrogens is 210 g/mol. The van der Waals surface area contributed by atoms with Gasteiger partial charge in [0, 0.05) is 0 Å². The van der Waals surface area contributed by atoms with Crippen molar-refractivity contribution in [2.75, 3.05) is 5.32 Å². The van der Waals surface area contributed by atoms with Crippen molar-refractivity contribution in [3.05, 3.63) is 23.8 Å². The monoisotopic (exact) mass is 219 g/mol. The van der Waals surface area contributed by atoms with Crippen molar-refractivity contribution in [3.63, 3.8) is 0 Å². The van der Waals surface area contributed by atoms with Crippen molar-refractivity contribution < 1.29 is 19.8 Å². The Bertz CT molecular complexity index is 473. The minimum Gasteiger partial charge on any atom is -0.506 e. The van der Waals surface area contributed by atoms with E-state index in [0.717, 1.165) is 6.07 Å². The normalized spacial score (nSPS) is 9.19. The van der Waals surface area contributed by atoms with Crippen molar-refractivity contribution in [3.8, 4) is 18.1 Å². The van der Waals surface area contributed by atoms with Gasteiger partial charge in [-0.3, -0.25) is 4.79 Å². The SMILES string of the molecule is C#CCC(=O)Nc1ccc(C(=O)O)cc1O. The van der Waals surface area contributed by atoms with E-state index in [-0.39, 0.29) is 23.4 Å². The summed E-state index contributed by atoms with van der Waals surface area (Å²) in [6, 6.07) is 3.62. The molecule has 0 spiro atoms. The van der Waals surface area contributed by atoms with Gasteiger partial charge in [-0.25, -0.2) is 4.79 Å². The van der Waals surface area contributed by atoms with E-state index >= 15 is 0 Å². The number of carbonyl (C=O) groups is 2. The number of terminal acetylenes is 1. The first-order valence-corrected chi connectivity index (χ1v) is 4.34. The zero-order valence-electron chi connectivity index (χ0n) is 8.23. The Kier molecular flexibility index (Phi) is 3.51. The third kappa shape index (κ3) is 2.75. The lowest BCUT2D eigenvalue weighted by Crippen LogP contribution is -2.10. The topological polar surface area (TPSA) is 86.6 Å². The molecule has 0 atom stereocenters. The lowest BCUT2D eigenvalue weighted by atomic mass is 10.2. The van der Waals surface area contributed by atoms with Gasteiger partial charge in [-0.05, 0) is 18.2 Å².